The van der Waals surface area contributed by atoms with Crippen LogP contribution < -0.4 is 4.74 Å². The van der Waals surface area contributed by atoms with E-state index in [9.17, 15) is 9.59 Å². The van der Waals surface area contributed by atoms with Crippen molar-refractivity contribution in [3.8, 4) is 5.75 Å². The molecule has 0 saturated heterocycles. The Bertz CT molecular complexity index is 886. The fourth-order valence-electron chi connectivity index (χ4n) is 5.11. The van der Waals surface area contributed by atoms with Gasteiger partial charge in [0.2, 0.25) is 0 Å². The summed E-state index contributed by atoms with van der Waals surface area (Å²) in [4.78, 5) is 28.7. The molecule has 0 N–H and O–H groups in total. The molecule has 0 spiro atoms. The van der Waals surface area contributed by atoms with Crippen LogP contribution in [0.25, 0.3) is 0 Å². The van der Waals surface area contributed by atoms with E-state index in [-0.39, 0.29) is 17.5 Å². The number of nitrogens with zero attached hydrogens (tertiary/aromatic N) is 1. The van der Waals surface area contributed by atoms with Crippen molar-refractivity contribution in [3.63, 3.8) is 0 Å². The largest absolute Gasteiger partial charge is 0.493 e. The molecule has 4 nitrogen and oxygen atoms in total. The lowest BCUT2D eigenvalue weighted by Crippen LogP contribution is -2.39. The molecule has 1 aromatic carbocycles. The lowest BCUT2D eigenvalue weighted by atomic mass is 9.70. The van der Waals surface area contributed by atoms with E-state index in [0.29, 0.717) is 19.4 Å². The average Bonchev–Trinajstić information content (AvgIpc) is 2.74. The standard InChI is InChI=1S/C25H30BrNO3/c1-3-5-14-30-22-13-12-16(26)15-17(22)23-24-18(8-6-10-20(24)28)27(4-2)19-9-7-11-21(29)25(19)23/h12-13,15,23H,3-11,14H2,1-2H3. The summed E-state index contributed by atoms with van der Waals surface area (Å²) >= 11 is 3.61. The summed E-state index contributed by atoms with van der Waals surface area (Å²) < 4.78 is 7.11. The van der Waals surface area contributed by atoms with E-state index >= 15 is 0 Å². The molecule has 0 radical (unpaired) electrons. The summed E-state index contributed by atoms with van der Waals surface area (Å²) in [5.41, 5.74) is 4.87. The molecule has 0 unspecified atom stereocenters. The molecule has 0 saturated carbocycles. The van der Waals surface area contributed by atoms with Crippen molar-refractivity contribution >= 4 is 27.5 Å². The first-order valence-corrected chi connectivity index (χ1v) is 12.1. The highest BCUT2D eigenvalue weighted by molar-refractivity contribution is 9.10. The van der Waals surface area contributed by atoms with Gasteiger partial charge in [0.15, 0.2) is 11.6 Å². The smallest absolute Gasteiger partial charge is 0.161 e. The lowest BCUT2D eigenvalue weighted by molar-refractivity contribution is -0.117. The Balaban J connectivity index is 1.92. The van der Waals surface area contributed by atoms with Crippen molar-refractivity contribution in [3.05, 3.63) is 50.8 Å². The van der Waals surface area contributed by atoms with Gasteiger partial charge in [-0.05, 0) is 57.2 Å². The molecule has 0 atom stereocenters. The van der Waals surface area contributed by atoms with Gasteiger partial charge in [-0.15, -0.1) is 0 Å². The number of ether oxygens (including phenoxy) is 1. The Morgan fingerprint density at radius 1 is 1.00 bits per heavy atom. The molecule has 2 aliphatic carbocycles. The molecule has 0 amide bonds. The van der Waals surface area contributed by atoms with E-state index < -0.39 is 0 Å². The molecular weight excluding hydrogens is 442 g/mol. The molecule has 0 bridgehead atoms. The number of Topliss-reactive ketones (excluding diaryl/α,β-unsaturated/α-hetero) is 2. The number of carbonyl (C=O) groups is 2. The van der Waals surface area contributed by atoms with Crippen molar-refractivity contribution in [1.82, 2.24) is 4.90 Å². The quantitative estimate of drug-likeness (QED) is 0.472. The van der Waals surface area contributed by atoms with Gasteiger partial charge < -0.3 is 9.64 Å². The highest BCUT2D eigenvalue weighted by Gasteiger charge is 2.43. The third-order valence-corrected chi connectivity index (χ3v) is 6.93. The Labute approximate surface area is 187 Å². The molecule has 30 heavy (non-hydrogen) atoms. The number of allylic oxidation sites excluding steroid dienone is 4. The number of ketones is 2. The van der Waals surface area contributed by atoms with E-state index in [1.807, 2.05) is 18.2 Å². The number of hydrogen-bond acceptors (Lipinski definition) is 4. The molecule has 1 heterocycles. The van der Waals surface area contributed by atoms with E-state index in [1.54, 1.807) is 0 Å². The van der Waals surface area contributed by atoms with Gasteiger partial charge in [-0.1, -0.05) is 29.3 Å². The Hall–Kier alpha value is -1.88. The van der Waals surface area contributed by atoms with Crippen LogP contribution in [0.1, 0.15) is 76.7 Å². The van der Waals surface area contributed by atoms with Crippen LogP contribution in [0, 0.1) is 0 Å². The SMILES string of the molecule is CCCCOc1ccc(Br)cc1C1C2=C(CCCC2=O)N(CC)C2=C1C(=O)CCC2. The number of unbranched alkanes of at least 4 members (excludes halogenated alkanes) is 1. The van der Waals surface area contributed by atoms with Crippen molar-refractivity contribution < 1.29 is 14.3 Å². The van der Waals surface area contributed by atoms with Gasteiger partial charge in [-0.3, -0.25) is 9.59 Å². The minimum Gasteiger partial charge on any atom is -0.493 e. The van der Waals surface area contributed by atoms with Gasteiger partial charge >= 0.3 is 0 Å². The number of rotatable bonds is 6. The van der Waals surface area contributed by atoms with E-state index in [1.165, 1.54) is 0 Å². The second-order valence-corrected chi connectivity index (χ2v) is 9.25. The van der Waals surface area contributed by atoms with E-state index in [2.05, 4.69) is 34.7 Å². The predicted octanol–water partition coefficient (Wildman–Crippen LogP) is 6.06. The predicted molar refractivity (Wildman–Crippen MR) is 121 cm³/mol. The van der Waals surface area contributed by atoms with Gasteiger partial charge in [-0.25, -0.2) is 0 Å². The molecule has 5 heteroatoms. The maximum absolute atomic E-state index is 13.2. The zero-order chi connectivity index (χ0) is 21.3. The fraction of sp³-hybridized carbons (Fsp3) is 0.520. The molecular formula is C25H30BrNO3. The van der Waals surface area contributed by atoms with Crippen LogP contribution >= 0.6 is 15.9 Å². The van der Waals surface area contributed by atoms with Crippen molar-refractivity contribution in [2.24, 2.45) is 0 Å². The van der Waals surface area contributed by atoms with Gasteiger partial charge in [0.25, 0.3) is 0 Å². The second kappa shape index (κ2) is 9.09. The minimum atomic E-state index is -0.312. The molecule has 1 aromatic rings. The average molecular weight is 472 g/mol. The van der Waals surface area contributed by atoms with Crippen molar-refractivity contribution in [2.75, 3.05) is 13.2 Å². The summed E-state index contributed by atoms with van der Waals surface area (Å²) in [5, 5.41) is 0. The molecule has 1 aliphatic heterocycles. The summed E-state index contributed by atoms with van der Waals surface area (Å²) in [5.74, 6) is 0.845. The second-order valence-electron chi connectivity index (χ2n) is 8.34. The monoisotopic (exact) mass is 471 g/mol. The summed E-state index contributed by atoms with van der Waals surface area (Å²) in [6.07, 6.45) is 6.72. The maximum atomic E-state index is 13.2. The molecule has 0 aromatic heterocycles. The first-order chi connectivity index (χ1) is 14.6. The third kappa shape index (κ3) is 3.77. The highest BCUT2D eigenvalue weighted by atomic mass is 79.9. The summed E-state index contributed by atoms with van der Waals surface area (Å²) in [6, 6.07) is 6.00. The van der Waals surface area contributed by atoms with Gasteiger partial charge in [0, 0.05) is 57.9 Å². The zero-order valence-electron chi connectivity index (χ0n) is 17.9. The fourth-order valence-corrected chi connectivity index (χ4v) is 5.49. The van der Waals surface area contributed by atoms with E-state index in [0.717, 1.165) is 83.4 Å². The first kappa shape index (κ1) is 21.4. The van der Waals surface area contributed by atoms with E-state index in [4.69, 9.17) is 4.74 Å². The van der Waals surface area contributed by atoms with Crippen LogP contribution in [-0.2, 0) is 9.59 Å². The molecule has 160 valence electrons. The Morgan fingerprint density at radius 2 is 1.63 bits per heavy atom. The Kier molecular flexibility index (Phi) is 6.47. The maximum Gasteiger partial charge on any atom is 0.161 e. The number of carbonyl (C=O) groups excluding carboxylic acids is 2. The number of benzene rings is 1. The Morgan fingerprint density at radius 3 is 2.20 bits per heavy atom. The van der Waals surface area contributed by atoms with Gasteiger partial charge in [-0.2, -0.15) is 0 Å². The molecule has 3 aliphatic rings. The van der Waals surface area contributed by atoms with Crippen molar-refractivity contribution in [1.29, 1.82) is 0 Å². The summed E-state index contributed by atoms with van der Waals surface area (Å²) in [6.45, 7) is 5.69. The molecule has 0 fully saturated rings. The van der Waals surface area contributed by atoms with Crippen LogP contribution in [0.5, 0.6) is 5.75 Å². The third-order valence-electron chi connectivity index (χ3n) is 6.44. The zero-order valence-corrected chi connectivity index (χ0v) is 19.5. The first-order valence-electron chi connectivity index (χ1n) is 11.3. The number of hydrogen-bond donors (Lipinski definition) is 0. The normalized spacial score (nSPS) is 19.9. The lowest BCUT2D eigenvalue weighted by Gasteiger charge is -2.43. The van der Waals surface area contributed by atoms with Crippen LogP contribution in [0.3, 0.4) is 0 Å². The van der Waals surface area contributed by atoms with Gasteiger partial charge in [0.1, 0.15) is 5.75 Å². The van der Waals surface area contributed by atoms with Crippen LogP contribution in [-0.4, -0.2) is 29.6 Å². The topological polar surface area (TPSA) is 46.6 Å². The van der Waals surface area contributed by atoms with Gasteiger partial charge in [0.05, 0.1) is 6.61 Å². The van der Waals surface area contributed by atoms with Crippen molar-refractivity contribution in [2.45, 2.75) is 71.1 Å². The minimum absolute atomic E-state index is 0.184. The number of halogens is 1. The highest BCUT2D eigenvalue weighted by Crippen LogP contribution is 2.51. The van der Waals surface area contributed by atoms with Crippen LogP contribution in [0.2, 0.25) is 0 Å². The van der Waals surface area contributed by atoms with Crippen LogP contribution in [0.15, 0.2) is 45.2 Å². The summed E-state index contributed by atoms with van der Waals surface area (Å²) in [7, 11) is 0. The molecule has 4 rings (SSSR count). The van der Waals surface area contributed by atoms with Crippen LogP contribution in [0.4, 0.5) is 0 Å².